The van der Waals surface area contributed by atoms with Gasteiger partial charge in [0.15, 0.2) is 0 Å². The van der Waals surface area contributed by atoms with Crippen molar-refractivity contribution in [3.05, 3.63) is 41.0 Å². The Hall–Kier alpha value is -2.00. The molecule has 1 aromatic heterocycles. The zero-order valence-electron chi connectivity index (χ0n) is 13.7. The van der Waals surface area contributed by atoms with Crippen LogP contribution in [0.5, 0.6) is 5.75 Å². The van der Waals surface area contributed by atoms with E-state index in [1.165, 1.54) is 38.5 Å². The van der Waals surface area contributed by atoms with E-state index in [1.54, 1.807) is 7.11 Å². The molecule has 1 N–H and O–H groups in total. The number of hydrogen-bond donors (Lipinski definition) is 1. The van der Waals surface area contributed by atoms with Crippen LogP contribution in [0.15, 0.2) is 24.3 Å². The van der Waals surface area contributed by atoms with E-state index in [0.29, 0.717) is 6.04 Å². The van der Waals surface area contributed by atoms with Crippen LogP contribution in [0.25, 0.3) is 21.8 Å². The minimum absolute atomic E-state index is 0.474. The van der Waals surface area contributed by atoms with Crippen molar-refractivity contribution in [2.45, 2.75) is 26.3 Å². The average molecular weight is 294 g/mol. The molecule has 0 fully saturated rings. The van der Waals surface area contributed by atoms with Crippen LogP contribution in [0.2, 0.25) is 0 Å². The van der Waals surface area contributed by atoms with Crippen LogP contribution in [-0.4, -0.2) is 30.6 Å². The minimum Gasteiger partial charge on any atom is -0.497 e. The molecule has 1 aliphatic rings. The summed E-state index contributed by atoms with van der Waals surface area (Å²) in [5.41, 5.74) is 6.86. The van der Waals surface area contributed by atoms with E-state index in [1.807, 2.05) is 6.07 Å². The first-order chi connectivity index (χ1) is 10.6. The quantitative estimate of drug-likeness (QED) is 0.729. The lowest BCUT2D eigenvalue weighted by molar-refractivity contribution is 0.247. The Kier molecular flexibility index (Phi) is 2.95. The molecule has 0 amide bonds. The second kappa shape index (κ2) is 4.75. The summed E-state index contributed by atoms with van der Waals surface area (Å²) in [4.78, 5) is 6.04. The van der Waals surface area contributed by atoms with Crippen LogP contribution < -0.4 is 4.74 Å². The molecule has 22 heavy (non-hydrogen) atoms. The third-order valence-electron chi connectivity index (χ3n) is 5.35. The van der Waals surface area contributed by atoms with Crippen LogP contribution in [0.1, 0.15) is 29.7 Å². The average Bonchev–Trinajstić information content (AvgIpc) is 2.90. The highest BCUT2D eigenvalue weighted by atomic mass is 16.5. The lowest BCUT2D eigenvalue weighted by Crippen LogP contribution is -2.30. The molecular formula is C19H22N2O. The highest BCUT2D eigenvalue weighted by Gasteiger charge is 2.24. The minimum atomic E-state index is 0.474. The number of likely N-dealkylation sites (N-methyl/N-ethyl adjacent to an activating group) is 1. The number of nitrogens with zero attached hydrogens (tertiary/aromatic N) is 1. The molecule has 0 radical (unpaired) electrons. The van der Waals surface area contributed by atoms with Gasteiger partial charge in [-0.1, -0.05) is 0 Å². The van der Waals surface area contributed by atoms with Crippen molar-refractivity contribution >= 4 is 21.8 Å². The van der Waals surface area contributed by atoms with E-state index in [-0.39, 0.29) is 0 Å². The molecule has 3 aromatic rings. The van der Waals surface area contributed by atoms with Gasteiger partial charge in [-0.05, 0) is 68.3 Å². The molecule has 4 rings (SSSR count). The van der Waals surface area contributed by atoms with Gasteiger partial charge < -0.3 is 9.72 Å². The van der Waals surface area contributed by atoms with Crippen molar-refractivity contribution in [1.82, 2.24) is 9.88 Å². The maximum absolute atomic E-state index is 5.40. The third-order valence-corrected chi connectivity index (χ3v) is 5.35. The number of aromatic amines is 1. The molecule has 1 atom stereocenters. The van der Waals surface area contributed by atoms with Gasteiger partial charge in [-0.15, -0.1) is 0 Å². The number of H-pyrrole nitrogens is 1. The number of methoxy groups -OCH3 is 1. The second-order valence-electron chi connectivity index (χ2n) is 6.44. The van der Waals surface area contributed by atoms with Gasteiger partial charge in [0.1, 0.15) is 5.75 Å². The summed E-state index contributed by atoms with van der Waals surface area (Å²) in [6, 6.07) is 9.13. The van der Waals surface area contributed by atoms with Crippen molar-refractivity contribution in [1.29, 1.82) is 0 Å². The van der Waals surface area contributed by atoms with E-state index in [2.05, 4.69) is 49.0 Å². The summed E-state index contributed by atoms with van der Waals surface area (Å²) in [6.07, 6.45) is 1.14. The van der Waals surface area contributed by atoms with Crippen LogP contribution >= 0.6 is 0 Å². The van der Waals surface area contributed by atoms with E-state index in [4.69, 9.17) is 4.74 Å². The molecule has 2 heterocycles. The first-order valence-corrected chi connectivity index (χ1v) is 7.92. The molecule has 3 nitrogen and oxygen atoms in total. The Morgan fingerprint density at radius 1 is 1.23 bits per heavy atom. The number of hydrogen-bond acceptors (Lipinski definition) is 2. The van der Waals surface area contributed by atoms with E-state index in [9.17, 15) is 0 Å². The fourth-order valence-electron chi connectivity index (χ4n) is 3.80. The van der Waals surface area contributed by atoms with Crippen LogP contribution in [0.4, 0.5) is 0 Å². The predicted octanol–water partition coefficient (Wildman–Crippen LogP) is 4.19. The maximum Gasteiger partial charge on any atom is 0.119 e. The fourth-order valence-corrected chi connectivity index (χ4v) is 3.80. The Labute approximate surface area is 130 Å². The zero-order chi connectivity index (χ0) is 15.4. The molecule has 2 aromatic carbocycles. The summed E-state index contributed by atoms with van der Waals surface area (Å²) in [7, 11) is 3.94. The Morgan fingerprint density at radius 3 is 2.82 bits per heavy atom. The molecule has 0 aliphatic carbocycles. The predicted molar refractivity (Wildman–Crippen MR) is 91.8 cm³/mol. The topological polar surface area (TPSA) is 28.3 Å². The smallest absolute Gasteiger partial charge is 0.119 e. The van der Waals surface area contributed by atoms with Crippen LogP contribution in [-0.2, 0) is 6.42 Å². The SMILES string of the molecule is COc1ccc2[nH]c3c(C)c4c(cc3c2c1)C(C)N(C)CC4. The summed E-state index contributed by atoms with van der Waals surface area (Å²) in [5.74, 6) is 0.911. The van der Waals surface area contributed by atoms with Gasteiger partial charge in [0.05, 0.1) is 7.11 Å². The monoisotopic (exact) mass is 294 g/mol. The molecule has 0 spiro atoms. The molecule has 0 saturated heterocycles. The summed E-state index contributed by atoms with van der Waals surface area (Å²) < 4.78 is 5.40. The van der Waals surface area contributed by atoms with Crippen molar-refractivity contribution in [2.75, 3.05) is 20.7 Å². The number of fused-ring (bicyclic) bond motifs is 4. The van der Waals surface area contributed by atoms with Gasteiger partial charge in [-0.25, -0.2) is 0 Å². The van der Waals surface area contributed by atoms with Crippen molar-refractivity contribution in [3.63, 3.8) is 0 Å². The number of nitrogens with one attached hydrogen (secondary N) is 1. The van der Waals surface area contributed by atoms with Gasteiger partial charge in [0.25, 0.3) is 0 Å². The number of aromatic nitrogens is 1. The highest BCUT2D eigenvalue weighted by Crippen LogP contribution is 2.38. The Balaban J connectivity index is 2.08. The maximum atomic E-state index is 5.40. The lowest BCUT2D eigenvalue weighted by Gasteiger charge is -2.33. The van der Waals surface area contributed by atoms with Crippen molar-refractivity contribution < 1.29 is 4.74 Å². The molecule has 1 unspecified atom stereocenters. The van der Waals surface area contributed by atoms with Gasteiger partial charge >= 0.3 is 0 Å². The largest absolute Gasteiger partial charge is 0.497 e. The fraction of sp³-hybridized carbons (Fsp3) is 0.368. The summed E-state index contributed by atoms with van der Waals surface area (Å²) >= 11 is 0. The van der Waals surface area contributed by atoms with E-state index < -0.39 is 0 Å². The number of ether oxygens (including phenoxy) is 1. The number of rotatable bonds is 1. The van der Waals surface area contributed by atoms with Crippen LogP contribution in [0, 0.1) is 6.92 Å². The summed E-state index contributed by atoms with van der Waals surface area (Å²) in [5, 5.41) is 2.56. The van der Waals surface area contributed by atoms with Gasteiger partial charge in [0.2, 0.25) is 0 Å². The molecule has 0 bridgehead atoms. The molecule has 114 valence electrons. The van der Waals surface area contributed by atoms with Gasteiger partial charge in [-0.3, -0.25) is 4.90 Å². The molecular weight excluding hydrogens is 272 g/mol. The normalized spacial score (nSPS) is 18.8. The van der Waals surface area contributed by atoms with Crippen molar-refractivity contribution in [3.8, 4) is 5.75 Å². The number of aryl methyl sites for hydroxylation is 1. The lowest BCUT2D eigenvalue weighted by atomic mass is 9.88. The van der Waals surface area contributed by atoms with E-state index in [0.717, 1.165) is 18.7 Å². The number of benzene rings is 2. The zero-order valence-corrected chi connectivity index (χ0v) is 13.7. The first kappa shape index (κ1) is 13.6. The first-order valence-electron chi connectivity index (χ1n) is 7.92. The van der Waals surface area contributed by atoms with Gasteiger partial charge in [-0.2, -0.15) is 0 Å². The third kappa shape index (κ3) is 1.78. The second-order valence-corrected chi connectivity index (χ2v) is 6.44. The van der Waals surface area contributed by atoms with Crippen molar-refractivity contribution in [2.24, 2.45) is 0 Å². The standard InChI is InChI=1S/C19H22N2O/c1-11-14-7-8-21(3)12(2)15(14)10-17-16-9-13(22-4)5-6-18(16)20-19(11)17/h5-6,9-10,12,20H,7-8H2,1-4H3. The molecule has 0 saturated carbocycles. The molecule has 1 aliphatic heterocycles. The highest BCUT2D eigenvalue weighted by molar-refractivity contribution is 6.09. The Morgan fingerprint density at radius 2 is 2.05 bits per heavy atom. The van der Waals surface area contributed by atoms with Crippen LogP contribution in [0.3, 0.4) is 0 Å². The van der Waals surface area contributed by atoms with Gasteiger partial charge in [0, 0.05) is 34.4 Å². The summed E-state index contributed by atoms with van der Waals surface area (Å²) in [6.45, 7) is 5.69. The van der Waals surface area contributed by atoms with E-state index >= 15 is 0 Å². The Bertz CT molecular complexity index is 878. The molecule has 3 heteroatoms.